The van der Waals surface area contributed by atoms with E-state index in [1.165, 1.54) is 6.92 Å². The molecule has 0 saturated carbocycles. The monoisotopic (exact) mass is 557 g/mol. The number of carbonyl (C=O) groups is 1. The van der Waals surface area contributed by atoms with Crippen LogP contribution < -0.4 is 20.9 Å². The maximum Gasteiger partial charge on any atom is 0.330 e. The van der Waals surface area contributed by atoms with Crippen LogP contribution >= 0.6 is 6.64 Å². The first-order valence-corrected chi connectivity index (χ1v) is 14.3. The van der Waals surface area contributed by atoms with Crippen molar-refractivity contribution in [2.24, 2.45) is 0 Å². The zero-order valence-electron chi connectivity index (χ0n) is 20.9. The Balaban J connectivity index is 1.82. The van der Waals surface area contributed by atoms with Crippen LogP contribution in [0.5, 0.6) is 5.75 Å². The van der Waals surface area contributed by atoms with E-state index in [4.69, 9.17) is 30.3 Å². The van der Waals surface area contributed by atoms with Gasteiger partial charge in [0.05, 0.1) is 12.7 Å². The molecule has 4 N–H and O–H groups in total. The van der Waals surface area contributed by atoms with Crippen molar-refractivity contribution in [1.82, 2.24) is 14.6 Å². The number of esters is 1. The highest BCUT2D eigenvalue weighted by atomic mass is 32.5. The minimum atomic E-state index is -3.45. The summed E-state index contributed by atoms with van der Waals surface area (Å²) >= 11 is 5.70. The first kappa shape index (κ1) is 29.2. The van der Waals surface area contributed by atoms with Gasteiger partial charge in [0.1, 0.15) is 29.6 Å². The van der Waals surface area contributed by atoms with E-state index < -0.39 is 53.9 Å². The van der Waals surface area contributed by atoms with Gasteiger partial charge in [0.25, 0.3) is 5.56 Å². The number of hydrogen-bond donors (Lipinski definition) is 4. The Hall–Kier alpha value is -2.38. The lowest BCUT2D eigenvalue weighted by Gasteiger charge is -2.29. The third-order valence-corrected chi connectivity index (χ3v) is 8.02. The number of carbonyl (C=O) groups excluding carboxylic acids is 1. The van der Waals surface area contributed by atoms with Gasteiger partial charge >= 0.3 is 18.3 Å². The van der Waals surface area contributed by atoms with Crippen molar-refractivity contribution in [2.45, 2.75) is 70.3 Å². The van der Waals surface area contributed by atoms with Gasteiger partial charge in [0, 0.05) is 12.3 Å². The number of H-pyrrole nitrogens is 1. The zero-order valence-corrected chi connectivity index (χ0v) is 22.6. The van der Waals surface area contributed by atoms with Crippen LogP contribution in [0.4, 0.5) is 0 Å². The van der Waals surface area contributed by atoms with Crippen molar-refractivity contribution in [3.63, 3.8) is 0 Å². The van der Waals surface area contributed by atoms with Crippen LogP contribution in [0.2, 0.25) is 0 Å². The molecule has 2 heterocycles. The number of aromatic nitrogens is 2. The first-order chi connectivity index (χ1) is 17.4. The second-order valence-corrected chi connectivity index (χ2v) is 12.1. The van der Waals surface area contributed by atoms with Crippen LogP contribution in [-0.2, 0) is 30.6 Å². The fraction of sp³-hybridized carbons (Fsp3) is 0.522. The van der Waals surface area contributed by atoms with E-state index in [1.807, 2.05) is 0 Å². The van der Waals surface area contributed by atoms with E-state index in [0.29, 0.717) is 12.2 Å². The molecule has 6 atom stereocenters. The van der Waals surface area contributed by atoms with Gasteiger partial charge in [-0.3, -0.25) is 19.1 Å². The number of benzene rings is 1. The molecule has 2 aromatic rings. The summed E-state index contributed by atoms with van der Waals surface area (Å²) in [5.74, 6) is -0.132. The van der Waals surface area contributed by atoms with Gasteiger partial charge in [-0.15, -0.1) is 0 Å². The van der Waals surface area contributed by atoms with E-state index in [9.17, 15) is 24.6 Å². The third kappa shape index (κ3) is 7.14. The molecule has 1 aromatic carbocycles. The molecule has 0 spiro atoms. The summed E-state index contributed by atoms with van der Waals surface area (Å²) in [7, 11) is 0. The van der Waals surface area contributed by atoms with Crippen LogP contribution in [0.3, 0.4) is 0 Å². The van der Waals surface area contributed by atoms with E-state index in [-0.39, 0.29) is 12.7 Å². The Morgan fingerprint density at radius 3 is 2.57 bits per heavy atom. The molecule has 0 radical (unpaired) electrons. The van der Waals surface area contributed by atoms with Crippen LogP contribution in [0.15, 0.2) is 52.2 Å². The average Bonchev–Trinajstić information content (AvgIpc) is 3.05. The summed E-state index contributed by atoms with van der Waals surface area (Å²) < 4.78 is 24.0. The summed E-state index contributed by atoms with van der Waals surface area (Å²) in [5.41, 5.74) is -3.36. The van der Waals surface area contributed by atoms with Crippen LogP contribution in [0.1, 0.15) is 40.3 Å². The number of rotatable bonds is 11. The molecular formula is C23H32N3O9PS. The molecule has 1 saturated heterocycles. The maximum atomic E-state index is 12.6. The highest BCUT2D eigenvalue weighted by Crippen LogP contribution is 2.47. The molecule has 1 aliphatic rings. The molecule has 3 rings (SSSR count). The number of hydrogen-bond acceptors (Lipinski definition) is 10. The molecule has 0 amide bonds. The molecule has 1 fully saturated rings. The van der Waals surface area contributed by atoms with E-state index in [1.54, 1.807) is 51.1 Å². The van der Waals surface area contributed by atoms with Crippen molar-refractivity contribution in [2.75, 3.05) is 6.61 Å². The fourth-order valence-electron chi connectivity index (χ4n) is 3.69. The number of ether oxygens (including phenoxy) is 2. The Bertz CT molecular complexity index is 1230. The summed E-state index contributed by atoms with van der Waals surface area (Å²) in [5, 5.41) is 24.7. The van der Waals surface area contributed by atoms with Crippen molar-refractivity contribution in [3.8, 4) is 5.75 Å². The fourth-order valence-corrected chi connectivity index (χ4v) is 6.10. The number of aromatic amines is 1. The second kappa shape index (κ2) is 12.0. The maximum absolute atomic E-state index is 12.6. The minimum Gasteiger partial charge on any atom is -0.462 e. The third-order valence-electron chi connectivity index (χ3n) is 5.59. The predicted octanol–water partition coefficient (Wildman–Crippen LogP) is 1.19. The van der Waals surface area contributed by atoms with E-state index in [0.717, 1.165) is 16.8 Å². The summed E-state index contributed by atoms with van der Waals surface area (Å²) in [6.45, 7) is 2.73. The first-order valence-electron chi connectivity index (χ1n) is 11.7. The topological polar surface area (TPSA) is 161 Å². The van der Waals surface area contributed by atoms with Crippen molar-refractivity contribution >= 4 is 24.4 Å². The Kier molecular flexibility index (Phi) is 9.46. The average molecular weight is 558 g/mol. The lowest BCUT2D eigenvalue weighted by Crippen LogP contribution is -2.47. The van der Waals surface area contributed by atoms with Gasteiger partial charge in [-0.2, -0.15) is 0 Å². The van der Waals surface area contributed by atoms with Gasteiger partial charge in [-0.1, -0.05) is 25.1 Å². The van der Waals surface area contributed by atoms with Crippen LogP contribution in [-0.4, -0.2) is 62.3 Å². The number of aliphatic hydroxyl groups is 2. The van der Waals surface area contributed by atoms with Crippen molar-refractivity contribution in [1.29, 1.82) is 0 Å². The summed E-state index contributed by atoms with van der Waals surface area (Å²) in [6.07, 6.45) is -2.80. The predicted molar refractivity (Wildman–Crippen MR) is 138 cm³/mol. The molecule has 37 heavy (non-hydrogen) atoms. The lowest BCUT2D eigenvalue weighted by atomic mass is 9.96. The highest BCUT2D eigenvalue weighted by molar-refractivity contribution is 8.09. The van der Waals surface area contributed by atoms with Gasteiger partial charge in [0.15, 0.2) is 6.23 Å². The standard InChI is InChI=1S/C23H32N3O9PS/c1-5-16(20(29)33-14(2)3)25-36(37,35-15-9-7-6-8-10-15)32-13-17-19(28)23(4,31)21(34-17)26-12-11-18(27)24-22(26)30/h6-12,14,16-17,19,21,28,31H,5,13H2,1-4H3,(H,25,37)(H,24,27,30). The Morgan fingerprint density at radius 1 is 1.30 bits per heavy atom. The van der Waals surface area contributed by atoms with Crippen molar-refractivity contribution < 1.29 is 33.5 Å². The number of nitrogens with one attached hydrogen (secondary N) is 2. The van der Waals surface area contributed by atoms with E-state index >= 15 is 0 Å². The van der Waals surface area contributed by atoms with Gasteiger partial charge in [-0.05, 0) is 51.1 Å². The second-order valence-electron chi connectivity index (χ2n) is 8.99. The van der Waals surface area contributed by atoms with Gasteiger partial charge in [-0.25, -0.2) is 9.88 Å². The largest absolute Gasteiger partial charge is 0.462 e. The van der Waals surface area contributed by atoms with Crippen LogP contribution in [0.25, 0.3) is 0 Å². The molecule has 1 aliphatic heterocycles. The van der Waals surface area contributed by atoms with Crippen LogP contribution in [0, 0.1) is 0 Å². The SMILES string of the molecule is CCC(NP(=S)(OCC1OC(n2ccc(=O)[nH]c2=O)C(C)(O)C1O)Oc1ccccc1)C(=O)OC(C)C. The number of aliphatic hydroxyl groups excluding tert-OH is 1. The van der Waals surface area contributed by atoms with Gasteiger partial charge in [0.2, 0.25) is 0 Å². The molecular weight excluding hydrogens is 525 g/mol. The molecule has 6 unspecified atom stereocenters. The number of nitrogens with zero attached hydrogens (tertiary/aromatic N) is 1. The molecule has 12 nitrogen and oxygen atoms in total. The quantitative estimate of drug-likeness (QED) is 0.232. The van der Waals surface area contributed by atoms with Gasteiger partial charge < -0.3 is 28.7 Å². The van der Waals surface area contributed by atoms with Crippen molar-refractivity contribution in [3.05, 3.63) is 63.4 Å². The Morgan fingerprint density at radius 2 is 1.97 bits per heavy atom. The highest BCUT2D eigenvalue weighted by Gasteiger charge is 2.54. The lowest BCUT2D eigenvalue weighted by molar-refractivity contribution is -0.149. The zero-order chi connectivity index (χ0) is 27.4. The summed E-state index contributed by atoms with van der Waals surface area (Å²) in [6, 6.07) is 8.88. The molecule has 0 bridgehead atoms. The minimum absolute atomic E-state index is 0.333. The molecule has 204 valence electrons. The van der Waals surface area contributed by atoms with E-state index in [2.05, 4.69) is 10.1 Å². The summed E-state index contributed by atoms with van der Waals surface area (Å²) in [4.78, 5) is 38.4. The normalized spacial score (nSPS) is 26.0. The molecule has 14 heteroatoms. The molecule has 0 aliphatic carbocycles. The smallest absolute Gasteiger partial charge is 0.330 e. The Labute approximate surface area is 218 Å². The molecule has 1 aromatic heterocycles. The number of para-hydroxylation sites is 1.